The number of carbonyl (C=O) groups excluding carboxylic acids is 1. The van der Waals surface area contributed by atoms with Crippen LogP contribution in [0.5, 0.6) is 5.75 Å². The van der Waals surface area contributed by atoms with Crippen molar-refractivity contribution in [3.05, 3.63) is 74.9 Å². The van der Waals surface area contributed by atoms with Crippen LogP contribution in [0.15, 0.2) is 58.9 Å². The molecule has 0 spiro atoms. The zero-order valence-electron chi connectivity index (χ0n) is 19.8. The number of para-hydroxylation sites is 1. The largest absolute Gasteiger partial charge is 0.488 e. The average molecular weight is 533 g/mol. The van der Waals surface area contributed by atoms with Crippen molar-refractivity contribution >= 4 is 46.9 Å². The summed E-state index contributed by atoms with van der Waals surface area (Å²) in [6, 6.07) is 12.3. The second-order valence-corrected chi connectivity index (χ2v) is 10.3. The number of anilines is 1. The summed E-state index contributed by atoms with van der Waals surface area (Å²) < 4.78 is 13.5. The van der Waals surface area contributed by atoms with Gasteiger partial charge in [-0.3, -0.25) is 0 Å². The molecule has 1 N–H and O–H groups in total. The molecule has 7 nitrogen and oxygen atoms in total. The van der Waals surface area contributed by atoms with E-state index in [-0.39, 0.29) is 12.7 Å². The molecule has 1 atom stereocenters. The van der Waals surface area contributed by atoms with Gasteiger partial charge in [-0.2, -0.15) is 4.98 Å². The number of hydrogen-bond donors (Lipinski definition) is 1. The van der Waals surface area contributed by atoms with E-state index in [1.165, 1.54) is 11.8 Å². The lowest BCUT2D eigenvalue weighted by molar-refractivity contribution is -0.143. The number of halogens is 2. The first-order valence-corrected chi connectivity index (χ1v) is 13.0. The maximum absolute atomic E-state index is 13.3. The molecule has 1 unspecified atom stereocenters. The lowest BCUT2D eigenvalue weighted by Gasteiger charge is -2.29. The zero-order valence-corrected chi connectivity index (χ0v) is 22.2. The minimum absolute atomic E-state index is 0.230. The molecule has 2 aromatic carbocycles. The number of esters is 1. The summed E-state index contributed by atoms with van der Waals surface area (Å²) in [7, 11) is 0. The lowest BCUT2D eigenvalue weighted by atomic mass is 9.95. The fourth-order valence-electron chi connectivity index (χ4n) is 3.78. The van der Waals surface area contributed by atoms with E-state index in [0.29, 0.717) is 38.2 Å². The molecule has 0 radical (unpaired) electrons. The summed E-state index contributed by atoms with van der Waals surface area (Å²) in [5.41, 5.74) is 2.66. The molecule has 4 rings (SSSR count). The van der Waals surface area contributed by atoms with E-state index in [1.54, 1.807) is 16.8 Å². The number of hydrogen-bond acceptors (Lipinski definition) is 7. The highest BCUT2D eigenvalue weighted by Crippen LogP contribution is 2.40. The van der Waals surface area contributed by atoms with Gasteiger partial charge < -0.3 is 14.8 Å². The molecular formula is C25H26Cl2N4O3S. The van der Waals surface area contributed by atoms with Gasteiger partial charge in [0.1, 0.15) is 18.4 Å². The van der Waals surface area contributed by atoms with Crippen LogP contribution < -0.4 is 10.1 Å². The fraction of sp³-hybridized carbons (Fsp3) is 0.320. The van der Waals surface area contributed by atoms with Gasteiger partial charge in [-0.25, -0.2) is 9.48 Å². The second-order valence-electron chi connectivity index (χ2n) is 8.18. The van der Waals surface area contributed by atoms with Crippen LogP contribution in [0.2, 0.25) is 10.0 Å². The number of allylic oxidation sites excluding steroid dienone is 1. The Morgan fingerprint density at radius 2 is 2.00 bits per heavy atom. The van der Waals surface area contributed by atoms with Gasteiger partial charge in [-0.1, -0.05) is 66.2 Å². The maximum Gasteiger partial charge on any atom is 0.338 e. The van der Waals surface area contributed by atoms with Crippen LogP contribution in [0.1, 0.15) is 44.9 Å². The number of rotatable bonds is 8. The van der Waals surface area contributed by atoms with Crippen molar-refractivity contribution in [3.63, 3.8) is 0 Å². The number of ether oxygens (including phenoxy) is 2. The fourth-order valence-corrected chi connectivity index (χ4v) is 4.80. The molecule has 0 saturated heterocycles. The van der Waals surface area contributed by atoms with E-state index in [1.807, 2.05) is 58.0 Å². The molecule has 3 aromatic rings. The Labute approximate surface area is 218 Å². The van der Waals surface area contributed by atoms with Crippen LogP contribution in [0.3, 0.4) is 0 Å². The third-order valence-electron chi connectivity index (χ3n) is 5.28. The summed E-state index contributed by atoms with van der Waals surface area (Å²) >= 11 is 13.9. The van der Waals surface area contributed by atoms with Crippen LogP contribution >= 0.6 is 35.0 Å². The van der Waals surface area contributed by atoms with Crippen LogP contribution in [0.4, 0.5) is 5.95 Å². The quantitative estimate of drug-likeness (QED) is 0.261. The van der Waals surface area contributed by atoms with Gasteiger partial charge in [0.05, 0.1) is 11.7 Å². The van der Waals surface area contributed by atoms with E-state index < -0.39 is 12.0 Å². The summed E-state index contributed by atoms with van der Waals surface area (Å²) in [6.07, 6.45) is -0.273. The van der Waals surface area contributed by atoms with Crippen LogP contribution in [-0.2, 0) is 16.1 Å². The first kappa shape index (κ1) is 25.4. The lowest BCUT2D eigenvalue weighted by Crippen LogP contribution is -2.31. The predicted molar refractivity (Wildman–Crippen MR) is 139 cm³/mol. The first-order chi connectivity index (χ1) is 16.8. The number of thioether (sulfide) groups is 1. The van der Waals surface area contributed by atoms with E-state index >= 15 is 0 Å². The molecule has 0 saturated carbocycles. The third kappa shape index (κ3) is 5.60. The Bertz CT molecular complexity index is 1280. The molecular weight excluding hydrogens is 507 g/mol. The van der Waals surface area contributed by atoms with E-state index in [0.717, 1.165) is 16.9 Å². The molecule has 35 heavy (non-hydrogen) atoms. The summed E-state index contributed by atoms with van der Waals surface area (Å²) in [5, 5.41) is 9.62. The predicted octanol–water partition coefficient (Wildman–Crippen LogP) is 6.52. The Kier molecular flexibility index (Phi) is 7.94. The number of fused-ring (bicyclic) bond motifs is 1. The minimum Gasteiger partial charge on any atom is -0.488 e. The molecule has 10 heteroatoms. The van der Waals surface area contributed by atoms with Crippen molar-refractivity contribution in [1.82, 2.24) is 14.8 Å². The highest BCUT2D eigenvalue weighted by molar-refractivity contribution is 7.99. The maximum atomic E-state index is 13.3. The highest BCUT2D eigenvalue weighted by atomic mass is 35.5. The molecule has 184 valence electrons. The highest BCUT2D eigenvalue weighted by Gasteiger charge is 2.37. The Morgan fingerprint density at radius 1 is 1.23 bits per heavy atom. The molecule has 1 aliphatic rings. The normalized spacial score (nSPS) is 15.1. The molecule has 0 aliphatic carbocycles. The van der Waals surface area contributed by atoms with Crippen molar-refractivity contribution in [1.29, 1.82) is 0 Å². The Balaban J connectivity index is 1.77. The molecule has 1 aliphatic heterocycles. The first-order valence-electron chi connectivity index (χ1n) is 11.2. The summed E-state index contributed by atoms with van der Waals surface area (Å²) in [4.78, 5) is 17.9. The van der Waals surface area contributed by atoms with Crippen LogP contribution in [-0.4, -0.2) is 32.6 Å². The second kappa shape index (κ2) is 10.9. The van der Waals surface area contributed by atoms with Crippen molar-refractivity contribution in [2.24, 2.45) is 0 Å². The van der Waals surface area contributed by atoms with Crippen molar-refractivity contribution in [2.45, 2.75) is 51.6 Å². The molecule has 2 heterocycles. The van der Waals surface area contributed by atoms with Gasteiger partial charge in [0.15, 0.2) is 0 Å². The van der Waals surface area contributed by atoms with Gasteiger partial charge in [0, 0.05) is 26.9 Å². The summed E-state index contributed by atoms with van der Waals surface area (Å²) in [6.45, 7) is 7.75. The van der Waals surface area contributed by atoms with Crippen molar-refractivity contribution < 1.29 is 14.3 Å². The number of nitrogens with one attached hydrogen (secondary N) is 1. The average Bonchev–Trinajstić information content (AvgIpc) is 3.19. The van der Waals surface area contributed by atoms with E-state index in [9.17, 15) is 4.79 Å². The Hall–Kier alpha value is -2.68. The number of aromatic nitrogens is 3. The van der Waals surface area contributed by atoms with Crippen molar-refractivity contribution in [2.75, 3.05) is 11.1 Å². The summed E-state index contributed by atoms with van der Waals surface area (Å²) in [5.74, 6) is 1.56. The molecule has 0 fully saturated rings. The van der Waals surface area contributed by atoms with Gasteiger partial charge in [-0.15, -0.1) is 5.10 Å². The van der Waals surface area contributed by atoms with Crippen LogP contribution in [0, 0.1) is 0 Å². The van der Waals surface area contributed by atoms with Gasteiger partial charge in [-0.05, 0) is 44.7 Å². The van der Waals surface area contributed by atoms with Gasteiger partial charge in [0.25, 0.3) is 0 Å². The number of nitrogens with zero attached hydrogens (tertiary/aromatic N) is 3. The molecule has 0 amide bonds. The molecule has 1 aromatic heterocycles. The third-order valence-corrected chi connectivity index (χ3v) is 6.59. The van der Waals surface area contributed by atoms with E-state index in [4.69, 9.17) is 37.8 Å². The minimum atomic E-state index is -0.590. The number of carbonyl (C=O) groups is 1. The van der Waals surface area contributed by atoms with Crippen LogP contribution in [0.25, 0.3) is 0 Å². The SMILES string of the molecule is CCSc1nc2n(n1)C(c1ccccc1OCc1ccc(Cl)cc1Cl)C(C(=O)OC(C)C)=C(C)N2. The van der Waals surface area contributed by atoms with Crippen molar-refractivity contribution in [3.8, 4) is 5.75 Å². The topological polar surface area (TPSA) is 78.3 Å². The van der Waals surface area contributed by atoms with E-state index in [2.05, 4.69) is 10.3 Å². The monoisotopic (exact) mass is 532 g/mol. The zero-order chi connectivity index (χ0) is 25.1. The smallest absolute Gasteiger partial charge is 0.338 e. The Morgan fingerprint density at radius 3 is 2.71 bits per heavy atom. The standard InChI is InChI=1S/C25H26Cl2N4O3S/c1-5-35-25-29-24-28-15(4)21(23(32)34-14(2)3)22(31(24)30-25)18-8-6-7-9-20(18)33-13-16-10-11-17(26)12-19(16)27/h6-12,14,22H,5,13H2,1-4H3,(H,28,29,30). The van der Waals surface area contributed by atoms with Gasteiger partial charge >= 0.3 is 5.97 Å². The van der Waals surface area contributed by atoms with Gasteiger partial charge in [0.2, 0.25) is 11.1 Å². The molecule has 0 bridgehead atoms. The number of benzene rings is 2.